The second-order valence-corrected chi connectivity index (χ2v) is 11.3. The van der Waals surface area contributed by atoms with Crippen molar-refractivity contribution in [2.45, 2.75) is 50.4 Å². The quantitative estimate of drug-likeness (QED) is 0.290. The lowest BCUT2D eigenvalue weighted by atomic mass is 9.98. The summed E-state index contributed by atoms with van der Waals surface area (Å²) in [7, 11) is -1.86. The molecule has 2 atom stereocenters. The molecule has 2 saturated heterocycles. The van der Waals surface area contributed by atoms with Crippen LogP contribution in [0.4, 0.5) is 5.82 Å². The number of aromatic amines is 1. The first-order chi connectivity index (χ1) is 17.0. The molecule has 1 aromatic carbocycles. The Morgan fingerprint density at radius 3 is 2.53 bits per heavy atom. The molecule has 2 fully saturated rings. The van der Waals surface area contributed by atoms with E-state index in [1.807, 2.05) is 24.5 Å². The number of hydrogen-bond acceptors (Lipinski definition) is 8. The van der Waals surface area contributed by atoms with Crippen molar-refractivity contribution in [3.05, 3.63) is 35.2 Å². The van der Waals surface area contributed by atoms with Gasteiger partial charge in [-0.3, -0.25) is 9.23 Å². The van der Waals surface area contributed by atoms with Crippen molar-refractivity contribution in [3.8, 4) is 11.1 Å². The number of hydrogen-bond donors (Lipinski definition) is 4. The largest absolute Gasteiger partial charge is 0.390 e. The van der Waals surface area contributed by atoms with Crippen molar-refractivity contribution in [1.82, 2.24) is 24.7 Å². The summed E-state index contributed by atoms with van der Waals surface area (Å²) in [6, 6.07) is 5.06. The number of halogens is 1. The maximum atomic E-state index is 9.78. The molecule has 11 nitrogen and oxygen atoms in total. The number of aliphatic hydroxyl groups is 1. The number of anilines is 1. The lowest BCUT2D eigenvalue weighted by Crippen LogP contribution is -2.47. The second kappa shape index (κ2) is 9.27. The zero-order valence-electron chi connectivity index (χ0n) is 19.9. The number of aryl methyl sites for hydroxylation is 1. The lowest BCUT2D eigenvalue weighted by molar-refractivity contribution is 0.272. The van der Waals surface area contributed by atoms with Crippen LogP contribution < -0.4 is 10.6 Å². The summed E-state index contributed by atoms with van der Waals surface area (Å²) in [6.07, 6.45) is 8.85. The predicted octanol–water partition coefficient (Wildman–Crippen LogP) is 2.62. The number of piperidine rings is 1. The lowest BCUT2D eigenvalue weighted by Gasteiger charge is -2.38. The molecule has 4 aromatic rings. The molecule has 3 aromatic heterocycles. The van der Waals surface area contributed by atoms with E-state index in [0.29, 0.717) is 29.1 Å². The van der Waals surface area contributed by atoms with Gasteiger partial charge in [0.25, 0.3) is 10.1 Å². The first-order valence-corrected chi connectivity index (χ1v) is 13.8. The van der Waals surface area contributed by atoms with E-state index in [-0.39, 0.29) is 12.6 Å². The Hall–Kier alpha value is -2.77. The molecule has 13 heteroatoms. The zero-order valence-corrected chi connectivity index (χ0v) is 21.5. The van der Waals surface area contributed by atoms with E-state index in [0.717, 1.165) is 51.9 Å². The van der Waals surface area contributed by atoms with Gasteiger partial charge in [-0.2, -0.15) is 13.5 Å². The highest BCUT2D eigenvalue weighted by Gasteiger charge is 2.40. The molecule has 2 unspecified atom stereocenters. The summed E-state index contributed by atoms with van der Waals surface area (Å²) in [5, 5.41) is 15.5. The average Bonchev–Trinajstić information content (AvgIpc) is 3.44. The number of aromatic nitrogens is 5. The smallest absolute Gasteiger partial charge is 0.261 e. The van der Waals surface area contributed by atoms with Crippen LogP contribution in [0.1, 0.15) is 31.4 Å². The minimum absolute atomic E-state index is 0.130. The van der Waals surface area contributed by atoms with E-state index in [4.69, 9.17) is 31.9 Å². The van der Waals surface area contributed by atoms with E-state index >= 15 is 0 Å². The number of rotatable bonds is 3. The number of H-pyrrole nitrogens is 1. The molecule has 0 aliphatic carbocycles. The zero-order chi connectivity index (χ0) is 25.8. The van der Waals surface area contributed by atoms with E-state index in [1.54, 1.807) is 11.7 Å². The minimum atomic E-state index is -3.67. The van der Waals surface area contributed by atoms with Crippen LogP contribution in [0, 0.1) is 0 Å². The molecule has 36 heavy (non-hydrogen) atoms. The first kappa shape index (κ1) is 24.9. The number of fused-ring (bicyclic) bond motifs is 4. The molecule has 0 amide bonds. The Morgan fingerprint density at radius 1 is 1.22 bits per heavy atom. The maximum Gasteiger partial charge on any atom is 0.261 e. The highest BCUT2D eigenvalue weighted by Crippen LogP contribution is 2.40. The number of benzene rings is 1. The van der Waals surface area contributed by atoms with Gasteiger partial charge in [0.05, 0.1) is 35.3 Å². The Balaban J connectivity index is 0.000000489. The van der Waals surface area contributed by atoms with Gasteiger partial charge < -0.3 is 20.7 Å². The van der Waals surface area contributed by atoms with Gasteiger partial charge in [-0.25, -0.2) is 9.97 Å². The van der Waals surface area contributed by atoms with Crippen LogP contribution in [-0.2, 0) is 23.8 Å². The monoisotopic (exact) mass is 533 g/mol. The standard InChI is InChI=1S/C22H24ClN7O.CH4O3S/c1-29-17(10-31)19-16(28-29)5-4-14(20(19)23)15-8-26-22-21(15)25-9-18(27-22)30-12-2-3-13(30)7-11(24)6-12;1-5(2,3)4/h4-5,8-9,11-13,31H,2-3,6-7,10,24H2,1H3,(H,26,27);1H3,(H,2,3,4). The summed E-state index contributed by atoms with van der Waals surface area (Å²) < 4.78 is 27.5. The molecule has 0 saturated carbocycles. The van der Waals surface area contributed by atoms with E-state index in [9.17, 15) is 13.5 Å². The number of nitrogens with two attached hydrogens (primary N) is 1. The van der Waals surface area contributed by atoms with Crippen LogP contribution >= 0.6 is 11.6 Å². The summed E-state index contributed by atoms with van der Waals surface area (Å²) in [5.41, 5.74) is 10.9. The molecule has 2 aliphatic rings. The van der Waals surface area contributed by atoms with Gasteiger partial charge in [-0.05, 0) is 31.7 Å². The van der Waals surface area contributed by atoms with E-state index < -0.39 is 10.1 Å². The third kappa shape index (κ3) is 4.55. The fourth-order valence-corrected chi connectivity index (χ4v) is 5.88. The Morgan fingerprint density at radius 2 is 1.89 bits per heavy atom. The molecule has 5 heterocycles. The van der Waals surface area contributed by atoms with E-state index in [2.05, 4.69) is 15.0 Å². The number of nitrogens with zero attached hydrogens (tertiary/aromatic N) is 5. The summed E-state index contributed by atoms with van der Waals surface area (Å²) in [4.78, 5) is 15.4. The van der Waals surface area contributed by atoms with Crippen LogP contribution in [-0.4, -0.2) is 67.2 Å². The predicted molar refractivity (Wildman–Crippen MR) is 139 cm³/mol. The minimum Gasteiger partial charge on any atom is -0.390 e. The second-order valence-electron chi connectivity index (χ2n) is 9.43. The van der Waals surface area contributed by atoms with Crippen molar-refractivity contribution in [2.24, 2.45) is 12.8 Å². The van der Waals surface area contributed by atoms with Gasteiger partial charge in [0.2, 0.25) is 0 Å². The summed E-state index contributed by atoms with van der Waals surface area (Å²) >= 11 is 6.80. The van der Waals surface area contributed by atoms with Crippen molar-refractivity contribution >= 4 is 49.6 Å². The highest BCUT2D eigenvalue weighted by molar-refractivity contribution is 7.85. The fourth-order valence-electron chi connectivity index (χ4n) is 5.51. The number of nitrogens with one attached hydrogen (secondary N) is 1. The van der Waals surface area contributed by atoms with Gasteiger partial charge in [-0.15, -0.1) is 0 Å². The number of aliphatic hydroxyl groups excluding tert-OH is 1. The average molecular weight is 534 g/mol. The fraction of sp³-hybridized carbons (Fsp3) is 0.435. The van der Waals surface area contributed by atoms with Crippen molar-refractivity contribution in [2.75, 3.05) is 11.2 Å². The van der Waals surface area contributed by atoms with E-state index in [1.165, 1.54) is 12.8 Å². The van der Waals surface area contributed by atoms with Gasteiger partial charge in [-0.1, -0.05) is 17.7 Å². The summed E-state index contributed by atoms with van der Waals surface area (Å²) in [6.45, 7) is -0.130. The van der Waals surface area contributed by atoms with Gasteiger partial charge in [0.1, 0.15) is 11.3 Å². The Bertz CT molecular complexity index is 1530. The van der Waals surface area contributed by atoms with Crippen molar-refractivity contribution in [3.63, 3.8) is 0 Å². The Labute approximate surface area is 213 Å². The topological polar surface area (TPSA) is 163 Å². The van der Waals surface area contributed by atoms with Gasteiger partial charge in [0, 0.05) is 47.9 Å². The first-order valence-electron chi connectivity index (χ1n) is 11.6. The van der Waals surface area contributed by atoms with Crippen molar-refractivity contribution < 1.29 is 18.1 Å². The van der Waals surface area contributed by atoms with Crippen LogP contribution in [0.15, 0.2) is 24.5 Å². The third-order valence-corrected chi connectivity index (χ3v) is 7.29. The highest BCUT2D eigenvalue weighted by atomic mass is 35.5. The molecular formula is C23H28ClN7O4S. The molecule has 6 rings (SSSR count). The van der Waals surface area contributed by atoms with Gasteiger partial charge >= 0.3 is 0 Å². The molecule has 2 aliphatic heterocycles. The molecule has 2 bridgehead atoms. The third-order valence-electron chi connectivity index (χ3n) is 6.90. The SMILES string of the molecule is CS(=O)(=O)O.Cn1nc2ccc(-c3c[nH]c4nc(N5C6CCC5CC(N)C6)cnc34)c(Cl)c2c1CO. The van der Waals surface area contributed by atoms with Crippen LogP contribution in [0.5, 0.6) is 0 Å². The molecule has 192 valence electrons. The Kier molecular flexibility index (Phi) is 6.41. The van der Waals surface area contributed by atoms with Crippen LogP contribution in [0.25, 0.3) is 33.2 Å². The molecular weight excluding hydrogens is 506 g/mol. The molecule has 0 radical (unpaired) electrons. The normalized spacial score (nSPS) is 21.7. The molecule has 0 spiro atoms. The van der Waals surface area contributed by atoms with Crippen molar-refractivity contribution in [1.29, 1.82) is 0 Å². The molecule has 5 N–H and O–H groups in total. The van der Waals surface area contributed by atoms with Crippen LogP contribution in [0.3, 0.4) is 0 Å². The van der Waals surface area contributed by atoms with Gasteiger partial charge in [0.15, 0.2) is 5.65 Å². The maximum absolute atomic E-state index is 9.78. The summed E-state index contributed by atoms with van der Waals surface area (Å²) in [5.74, 6) is 0.914. The van der Waals surface area contributed by atoms with Crippen LogP contribution in [0.2, 0.25) is 5.02 Å².